The summed E-state index contributed by atoms with van der Waals surface area (Å²) in [5.74, 6) is 1.70. The van der Waals surface area contributed by atoms with Crippen LogP contribution in [0.3, 0.4) is 0 Å². The Bertz CT molecular complexity index is 640. The van der Waals surface area contributed by atoms with E-state index in [0.29, 0.717) is 6.04 Å². The third-order valence-electron chi connectivity index (χ3n) is 3.39. The van der Waals surface area contributed by atoms with Gasteiger partial charge in [-0.2, -0.15) is 0 Å². The highest BCUT2D eigenvalue weighted by Crippen LogP contribution is 2.33. The van der Waals surface area contributed by atoms with Gasteiger partial charge in [0.2, 0.25) is 5.13 Å². The molecule has 0 amide bonds. The fourth-order valence-electron chi connectivity index (χ4n) is 2.08. The summed E-state index contributed by atoms with van der Waals surface area (Å²) in [6.07, 6.45) is 4.35. The number of methoxy groups -OCH3 is 1. The fourth-order valence-corrected chi connectivity index (χ4v) is 3.93. The van der Waals surface area contributed by atoms with Gasteiger partial charge in [0, 0.05) is 29.1 Å². The second kappa shape index (κ2) is 6.19. The van der Waals surface area contributed by atoms with Crippen molar-refractivity contribution in [3.63, 3.8) is 0 Å². The van der Waals surface area contributed by atoms with E-state index in [1.165, 1.54) is 12.8 Å². The smallest absolute Gasteiger partial charge is 0.206 e. The van der Waals surface area contributed by atoms with Crippen LogP contribution in [0.5, 0.6) is 5.75 Å². The van der Waals surface area contributed by atoms with E-state index >= 15 is 0 Å². The van der Waals surface area contributed by atoms with Crippen molar-refractivity contribution in [2.45, 2.75) is 42.8 Å². The molecule has 2 aromatic rings. The van der Waals surface area contributed by atoms with E-state index in [-0.39, 0.29) is 0 Å². The van der Waals surface area contributed by atoms with Gasteiger partial charge in [0.25, 0.3) is 0 Å². The van der Waals surface area contributed by atoms with E-state index in [4.69, 9.17) is 4.74 Å². The first kappa shape index (κ1) is 14.6. The van der Waals surface area contributed by atoms with Crippen molar-refractivity contribution in [2.24, 2.45) is 0 Å². The average molecular weight is 322 g/mol. The quantitative estimate of drug-likeness (QED) is 0.822. The van der Waals surface area contributed by atoms with Crippen molar-refractivity contribution in [2.75, 3.05) is 12.4 Å². The van der Waals surface area contributed by atoms with Crippen molar-refractivity contribution >= 4 is 28.2 Å². The number of aromatic nitrogens is 3. The summed E-state index contributed by atoms with van der Waals surface area (Å²) in [4.78, 5) is 4.51. The van der Waals surface area contributed by atoms with Crippen LogP contribution >= 0.6 is 23.1 Å². The Kier molecular flexibility index (Phi) is 4.30. The molecular formula is C14H18N4OS2. The highest BCUT2D eigenvalue weighted by atomic mass is 32.2. The Morgan fingerprint density at radius 3 is 2.90 bits per heavy atom. The lowest BCUT2D eigenvalue weighted by Gasteiger charge is -2.11. The lowest BCUT2D eigenvalue weighted by atomic mass is 10.1. The molecule has 0 aliphatic heterocycles. The van der Waals surface area contributed by atoms with Gasteiger partial charge in [-0.15, -0.1) is 10.2 Å². The Morgan fingerprint density at radius 2 is 2.19 bits per heavy atom. The molecule has 0 aromatic carbocycles. The van der Waals surface area contributed by atoms with Gasteiger partial charge < -0.3 is 10.1 Å². The fraction of sp³-hybridized carbons (Fsp3) is 0.500. The first-order valence-electron chi connectivity index (χ1n) is 6.89. The predicted octanol–water partition coefficient (Wildman–Crippen LogP) is 3.43. The molecule has 2 aromatic heterocycles. The molecule has 1 N–H and O–H groups in total. The maximum absolute atomic E-state index is 5.44. The minimum absolute atomic E-state index is 0.612. The highest BCUT2D eigenvalue weighted by Gasteiger charge is 2.22. The number of anilines is 1. The molecule has 1 fully saturated rings. The van der Waals surface area contributed by atoms with Crippen LogP contribution in [0.25, 0.3) is 0 Å². The summed E-state index contributed by atoms with van der Waals surface area (Å²) < 4.78 is 6.41. The molecule has 112 valence electrons. The van der Waals surface area contributed by atoms with Gasteiger partial charge in [0.05, 0.1) is 12.8 Å². The molecule has 0 bridgehead atoms. The zero-order valence-electron chi connectivity index (χ0n) is 12.3. The molecule has 1 saturated carbocycles. The van der Waals surface area contributed by atoms with Crippen LogP contribution in [-0.4, -0.2) is 28.3 Å². The van der Waals surface area contributed by atoms with Crippen molar-refractivity contribution in [1.29, 1.82) is 0 Å². The lowest BCUT2D eigenvalue weighted by molar-refractivity contribution is 0.407. The van der Waals surface area contributed by atoms with Crippen molar-refractivity contribution in [3.8, 4) is 5.75 Å². The van der Waals surface area contributed by atoms with Crippen LogP contribution in [0.15, 0.2) is 10.5 Å². The van der Waals surface area contributed by atoms with E-state index < -0.39 is 0 Å². The number of hydrogen-bond donors (Lipinski definition) is 1. The molecule has 0 unspecified atom stereocenters. The van der Waals surface area contributed by atoms with Gasteiger partial charge >= 0.3 is 0 Å². The minimum atomic E-state index is 0.612. The Labute approximate surface area is 132 Å². The number of aryl methyl sites for hydroxylation is 1. The normalized spacial score (nSPS) is 14.2. The number of ether oxygens (including phenoxy) is 1. The molecule has 0 radical (unpaired) electrons. The second-order valence-corrected chi connectivity index (χ2v) is 7.33. The van der Waals surface area contributed by atoms with Crippen LogP contribution < -0.4 is 10.1 Å². The summed E-state index contributed by atoms with van der Waals surface area (Å²) in [5.41, 5.74) is 3.20. The van der Waals surface area contributed by atoms with Crippen LogP contribution in [0.2, 0.25) is 0 Å². The molecular weight excluding hydrogens is 304 g/mol. The average Bonchev–Trinajstić information content (AvgIpc) is 3.16. The first-order chi connectivity index (χ1) is 10.2. The van der Waals surface area contributed by atoms with Crippen LogP contribution in [0.1, 0.15) is 29.7 Å². The van der Waals surface area contributed by atoms with Crippen LogP contribution in [-0.2, 0) is 5.75 Å². The number of hydrogen-bond acceptors (Lipinski definition) is 7. The zero-order chi connectivity index (χ0) is 14.8. The molecule has 0 atom stereocenters. The second-order valence-electron chi connectivity index (χ2n) is 5.13. The Hall–Kier alpha value is -1.34. The Balaban J connectivity index is 1.65. The van der Waals surface area contributed by atoms with Gasteiger partial charge in [-0.05, 0) is 26.7 Å². The van der Waals surface area contributed by atoms with E-state index in [9.17, 15) is 0 Å². The summed E-state index contributed by atoms with van der Waals surface area (Å²) in [5, 5.41) is 12.7. The zero-order valence-corrected chi connectivity index (χ0v) is 14.0. The van der Waals surface area contributed by atoms with Crippen molar-refractivity contribution < 1.29 is 4.74 Å². The number of pyridine rings is 1. The van der Waals surface area contributed by atoms with Gasteiger partial charge in [0.15, 0.2) is 4.34 Å². The molecule has 2 heterocycles. The Morgan fingerprint density at radius 1 is 1.38 bits per heavy atom. The van der Waals surface area contributed by atoms with E-state index in [1.54, 1.807) is 30.2 Å². The summed E-state index contributed by atoms with van der Waals surface area (Å²) in [6.45, 7) is 4.06. The molecule has 0 spiro atoms. The third kappa shape index (κ3) is 3.47. The maximum atomic E-state index is 5.44. The molecule has 7 heteroatoms. The van der Waals surface area contributed by atoms with Crippen LogP contribution in [0, 0.1) is 13.8 Å². The van der Waals surface area contributed by atoms with Gasteiger partial charge in [-0.3, -0.25) is 4.98 Å². The summed E-state index contributed by atoms with van der Waals surface area (Å²) >= 11 is 3.28. The molecule has 21 heavy (non-hydrogen) atoms. The van der Waals surface area contributed by atoms with Crippen molar-refractivity contribution in [3.05, 3.63) is 23.0 Å². The largest absolute Gasteiger partial charge is 0.496 e. The molecule has 5 nitrogen and oxygen atoms in total. The number of thioether (sulfide) groups is 1. The maximum Gasteiger partial charge on any atom is 0.206 e. The topological polar surface area (TPSA) is 59.9 Å². The first-order valence-corrected chi connectivity index (χ1v) is 8.69. The van der Waals surface area contributed by atoms with E-state index in [1.807, 2.05) is 13.1 Å². The van der Waals surface area contributed by atoms with Gasteiger partial charge in [0.1, 0.15) is 5.75 Å². The molecule has 0 saturated heterocycles. The van der Waals surface area contributed by atoms with Gasteiger partial charge in [-0.1, -0.05) is 23.1 Å². The summed E-state index contributed by atoms with van der Waals surface area (Å²) in [7, 11) is 1.70. The predicted molar refractivity (Wildman–Crippen MR) is 86.4 cm³/mol. The minimum Gasteiger partial charge on any atom is -0.496 e. The third-order valence-corrected chi connectivity index (χ3v) is 5.39. The molecule has 1 aliphatic rings. The molecule has 1 aliphatic carbocycles. The van der Waals surface area contributed by atoms with Crippen molar-refractivity contribution in [1.82, 2.24) is 15.2 Å². The monoisotopic (exact) mass is 322 g/mol. The number of nitrogens with zero attached hydrogens (tertiary/aromatic N) is 3. The lowest BCUT2D eigenvalue weighted by Crippen LogP contribution is -1.99. The number of rotatable bonds is 6. The SMILES string of the molecule is COc1c(C)cnc(CSc2nnc(NC3CC3)s2)c1C. The van der Waals surface area contributed by atoms with Crippen LogP contribution in [0.4, 0.5) is 5.13 Å². The highest BCUT2D eigenvalue weighted by molar-refractivity contribution is 8.00. The van der Waals surface area contributed by atoms with E-state index in [0.717, 1.165) is 37.8 Å². The summed E-state index contributed by atoms with van der Waals surface area (Å²) in [6, 6.07) is 0.612. The number of nitrogens with one attached hydrogen (secondary N) is 1. The standard InChI is InChI=1S/C14H18N4OS2/c1-8-6-15-11(9(2)12(8)19-3)7-20-14-18-17-13(21-14)16-10-4-5-10/h6,10H,4-5,7H2,1-3H3,(H,16,17). The van der Waals surface area contributed by atoms with E-state index in [2.05, 4.69) is 27.4 Å². The molecule has 3 rings (SSSR count). The van der Waals surface area contributed by atoms with Gasteiger partial charge in [-0.25, -0.2) is 0 Å².